The predicted octanol–water partition coefficient (Wildman–Crippen LogP) is 4.20. The fourth-order valence-electron chi connectivity index (χ4n) is 2.82. The highest BCUT2D eigenvalue weighted by atomic mass is 16.6. The van der Waals surface area contributed by atoms with Crippen LogP contribution in [0.1, 0.15) is 21.9 Å². The molecule has 4 rings (SSSR count). The van der Waals surface area contributed by atoms with Gasteiger partial charge in [-0.25, -0.2) is 4.98 Å². The molecule has 2 aromatic heterocycles. The number of rotatable bonds is 5. The lowest BCUT2D eigenvalue weighted by atomic mass is 10.2. The Hall–Kier alpha value is -3.54. The molecule has 1 amide bonds. The quantitative estimate of drug-likeness (QED) is 0.578. The molecule has 136 valence electrons. The van der Waals surface area contributed by atoms with Crippen molar-refractivity contribution in [2.75, 3.05) is 0 Å². The Kier molecular flexibility index (Phi) is 4.38. The molecule has 2 aromatic carbocycles. The molecular formula is C21H19N3O3. The van der Waals surface area contributed by atoms with Gasteiger partial charge in [-0.3, -0.25) is 4.79 Å². The number of carbonyl (C=O) groups is 1. The maximum atomic E-state index is 12.4. The first-order chi connectivity index (χ1) is 13.1. The Bertz CT molecular complexity index is 1090. The fourth-order valence-corrected chi connectivity index (χ4v) is 2.82. The largest absolute Gasteiger partial charge is 0.426 e. The zero-order valence-corrected chi connectivity index (χ0v) is 15.1. The van der Waals surface area contributed by atoms with E-state index in [0.29, 0.717) is 12.3 Å². The van der Waals surface area contributed by atoms with Gasteiger partial charge in [-0.1, -0.05) is 29.8 Å². The zero-order chi connectivity index (χ0) is 18.8. The summed E-state index contributed by atoms with van der Waals surface area (Å²) in [5.41, 5.74) is 3.06. The van der Waals surface area contributed by atoms with E-state index >= 15 is 0 Å². The summed E-state index contributed by atoms with van der Waals surface area (Å²) >= 11 is 0. The van der Waals surface area contributed by atoms with Gasteiger partial charge < -0.3 is 19.0 Å². The van der Waals surface area contributed by atoms with E-state index in [1.165, 1.54) is 0 Å². The molecule has 4 aromatic rings. The van der Waals surface area contributed by atoms with Crippen molar-refractivity contribution in [3.63, 3.8) is 0 Å². The summed E-state index contributed by atoms with van der Waals surface area (Å²) < 4.78 is 13.1. The molecule has 0 bridgehead atoms. The van der Waals surface area contributed by atoms with Crippen molar-refractivity contribution in [1.82, 2.24) is 14.9 Å². The first-order valence-electron chi connectivity index (χ1n) is 8.63. The molecule has 0 saturated heterocycles. The molecule has 0 aliphatic heterocycles. The molecule has 0 unspecified atom stereocenters. The molecule has 0 radical (unpaired) electrons. The standard InChI is InChI=1S/C21H19N3O3/c1-14-7-9-15(10-8-14)26-20-12-11-18(27-20)21(25)22-13-19-23-16-5-3-4-6-17(16)24(19)2/h3-12H,13H2,1-2H3,(H,22,25). The minimum absolute atomic E-state index is 0.191. The minimum atomic E-state index is -0.319. The van der Waals surface area contributed by atoms with Crippen LogP contribution in [0.15, 0.2) is 65.1 Å². The Balaban J connectivity index is 1.41. The topological polar surface area (TPSA) is 69.3 Å². The van der Waals surface area contributed by atoms with Gasteiger partial charge in [0.2, 0.25) is 0 Å². The van der Waals surface area contributed by atoms with Crippen molar-refractivity contribution in [2.45, 2.75) is 13.5 Å². The van der Waals surface area contributed by atoms with E-state index in [4.69, 9.17) is 9.15 Å². The number of aromatic nitrogens is 2. The smallest absolute Gasteiger partial charge is 0.290 e. The molecule has 0 aliphatic rings. The third kappa shape index (κ3) is 3.55. The first-order valence-corrected chi connectivity index (χ1v) is 8.63. The number of ether oxygens (including phenoxy) is 1. The van der Waals surface area contributed by atoms with Gasteiger partial charge in [-0.15, -0.1) is 0 Å². The fraction of sp³-hybridized carbons (Fsp3) is 0.143. The van der Waals surface area contributed by atoms with Gasteiger partial charge in [0, 0.05) is 13.1 Å². The second-order valence-electron chi connectivity index (χ2n) is 6.29. The van der Waals surface area contributed by atoms with E-state index in [1.807, 2.05) is 67.1 Å². The van der Waals surface area contributed by atoms with Gasteiger partial charge in [-0.05, 0) is 37.3 Å². The molecule has 0 spiro atoms. The van der Waals surface area contributed by atoms with Crippen LogP contribution in [0.4, 0.5) is 0 Å². The number of benzene rings is 2. The van der Waals surface area contributed by atoms with Crippen molar-refractivity contribution >= 4 is 16.9 Å². The van der Waals surface area contributed by atoms with Gasteiger partial charge >= 0.3 is 0 Å². The number of hydrogen-bond acceptors (Lipinski definition) is 4. The molecule has 1 N–H and O–H groups in total. The van der Waals surface area contributed by atoms with E-state index < -0.39 is 0 Å². The highest BCUT2D eigenvalue weighted by molar-refractivity contribution is 5.91. The zero-order valence-electron chi connectivity index (χ0n) is 15.1. The van der Waals surface area contributed by atoms with Crippen molar-refractivity contribution in [3.05, 3.63) is 77.8 Å². The highest BCUT2D eigenvalue weighted by Gasteiger charge is 2.14. The number of nitrogens with one attached hydrogen (secondary N) is 1. The van der Waals surface area contributed by atoms with E-state index in [2.05, 4.69) is 10.3 Å². The van der Waals surface area contributed by atoms with Crippen molar-refractivity contribution in [2.24, 2.45) is 7.05 Å². The summed E-state index contributed by atoms with van der Waals surface area (Å²) in [5.74, 6) is 1.57. The molecule has 0 atom stereocenters. The lowest BCUT2D eigenvalue weighted by Gasteiger charge is -2.04. The van der Waals surface area contributed by atoms with Gasteiger partial charge in [0.15, 0.2) is 5.76 Å². The Morgan fingerprint density at radius 1 is 1.11 bits per heavy atom. The average molecular weight is 361 g/mol. The van der Waals surface area contributed by atoms with Crippen LogP contribution >= 0.6 is 0 Å². The van der Waals surface area contributed by atoms with Gasteiger partial charge in [0.1, 0.15) is 11.6 Å². The van der Waals surface area contributed by atoms with E-state index in [1.54, 1.807) is 12.1 Å². The first kappa shape index (κ1) is 16.9. The number of para-hydroxylation sites is 2. The molecule has 0 fully saturated rings. The third-order valence-electron chi connectivity index (χ3n) is 4.33. The van der Waals surface area contributed by atoms with Gasteiger partial charge in [0.25, 0.3) is 11.9 Å². The van der Waals surface area contributed by atoms with Crippen LogP contribution < -0.4 is 10.1 Å². The number of imidazole rings is 1. The SMILES string of the molecule is Cc1ccc(Oc2ccc(C(=O)NCc3nc4ccccc4n3C)o2)cc1. The van der Waals surface area contributed by atoms with E-state index in [0.717, 1.165) is 22.4 Å². The lowest BCUT2D eigenvalue weighted by molar-refractivity contribution is 0.0917. The third-order valence-corrected chi connectivity index (χ3v) is 4.33. The number of nitrogens with zero attached hydrogens (tertiary/aromatic N) is 2. The van der Waals surface area contributed by atoms with Gasteiger partial charge in [-0.2, -0.15) is 0 Å². The van der Waals surface area contributed by atoms with E-state index in [-0.39, 0.29) is 17.6 Å². The van der Waals surface area contributed by atoms with Crippen LogP contribution in [0.25, 0.3) is 11.0 Å². The normalized spacial score (nSPS) is 10.9. The van der Waals surface area contributed by atoms with Crippen LogP contribution in [0.3, 0.4) is 0 Å². The Morgan fingerprint density at radius 3 is 2.67 bits per heavy atom. The Morgan fingerprint density at radius 2 is 1.89 bits per heavy atom. The second-order valence-corrected chi connectivity index (χ2v) is 6.29. The van der Waals surface area contributed by atoms with Crippen LogP contribution in [0.5, 0.6) is 11.7 Å². The predicted molar refractivity (Wildman–Crippen MR) is 102 cm³/mol. The number of aryl methyl sites for hydroxylation is 2. The highest BCUT2D eigenvalue weighted by Crippen LogP contribution is 2.24. The van der Waals surface area contributed by atoms with Crippen LogP contribution in [-0.2, 0) is 13.6 Å². The summed E-state index contributed by atoms with van der Waals surface area (Å²) in [6.07, 6.45) is 0. The minimum Gasteiger partial charge on any atom is -0.426 e. The van der Waals surface area contributed by atoms with Crippen molar-refractivity contribution in [3.8, 4) is 11.7 Å². The average Bonchev–Trinajstić information content (AvgIpc) is 3.27. The molecular weight excluding hydrogens is 342 g/mol. The molecule has 6 nitrogen and oxygen atoms in total. The molecule has 0 aliphatic carbocycles. The Labute approximate surface area is 156 Å². The van der Waals surface area contributed by atoms with Gasteiger partial charge in [0.05, 0.1) is 17.6 Å². The van der Waals surface area contributed by atoms with Crippen molar-refractivity contribution < 1.29 is 13.9 Å². The maximum absolute atomic E-state index is 12.4. The summed E-state index contributed by atoms with van der Waals surface area (Å²) in [7, 11) is 1.93. The van der Waals surface area contributed by atoms with E-state index in [9.17, 15) is 4.79 Å². The maximum Gasteiger partial charge on any atom is 0.290 e. The number of amides is 1. The molecule has 6 heteroatoms. The summed E-state index contributed by atoms with van der Waals surface area (Å²) in [4.78, 5) is 16.9. The second kappa shape index (κ2) is 6.99. The summed E-state index contributed by atoms with van der Waals surface area (Å²) in [5, 5.41) is 2.83. The number of furan rings is 1. The monoisotopic (exact) mass is 361 g/mol. The molecule has 27 heavy (non-hydrogen) atoms. The van der Waals surface area contributed by atoms with Crippen LogP contribution in [0, 0.1) is 6.92 Å². The molecule has 0 saturated carbocycles. The number of fused-ring (bicyclic) bond motifs is 1. The van der Waals surface area contributed by atoms with Crippen molar-refractivity contribution in [1.29, 1.82) is 0 Å². The van der Waals surface area contributed by atoms with Crippen LogP contribution in [0.2, 0.25) is 0 Å². The summed E-state index contributed by atoms with van der Waals surface area (Å²) in [6, 6.07) is 18.7. The summed E-state index contributed by atoms with van der Waals surface area (Å²) in [6.45, 7) is 2.31. The number of carbonyl (C=O) groups excluding carboxylic acids is 1. The lowest BCUT2D eigenvalue weighted by Crippen LogP contribution is -2.23. The number of hydrogen-bond donors (Lipinski definition) is 1. The van der Waals surface area contributed by atoms with Crippen LogP contribution in [-0.4, -0.2) is 15.5 Å². The molecule has 2 heterocycles.